The van der Waals surface area contributed by atoms with E-state index in [0.29, 0.717) is 5.75 Å². The minimum Gasteiger partial charge on any atom is -0.491 e. The number of nitrogens with zero attached hydrogens (tertiary/aromatic N) is 3. The second-order valence-corrected chi connectivity index (χ2v) is 6.37. The summed E-state index contributed by atoms with van der Waals surface area (Å²) in [7, 11) is 1.54. The van der Waals surface area contributed by atoms with Crippen LogP contribution in [-0.2, 0) is 11.2 Å². The normalized spacial score (nSPS) is 23.4. The van der Waals surface area contributed by atoms with Crippen molar-refractivity contribution in [2.24, 2.45) is 10.7 Å². The Balaban J connectivity index is 1.59. The number of imide groups is 1. The van der Waals surface area contributed by atoms with Gasteiger partial charge in [0.05, 0.1) is 6.54 Å². The van der Waals surface area contributed by atoms with E-state index >= 15 is 0 Å². The van der Waals surface area contributed by atoms with E-state index in [4.69, 9.17) is 10.5 Å². The Morgan fingerprint density at radius 1 is 1.35 bits per heavy atom. The van der Waals surface area contributed by atoms with Crippen molar-refractivity contribution in [2.45, 2.75) is 31.7 Å². The van der Waals surface area contributed by atoms with E-state index in [1.54, 1.807) is 7.05 Å². The van der Waals surface area contributed by atoms with E-state index in [1.165, 1.54) is 15.4 Å². The Morgan fingerprint density at radius 2 is 2.04 bits per heavy atom. The number of aryl methyl sites for hydroxylation is 1. The molecule has 2 aliphatic heterocycles. The van der Waals surface area contributed by atoms with Crippen molar-refractivity contribution in [1.29, 1.82) is 0 Å². The average molecular weight is 361 g/mol. The lowest BCUT2D eigenvalue weighted by atomic mass is 10.1. The van der Waals surface area contributed by atoms with E-state index in [1.807, 2.05) is 24.3 Å². The predicted octanol–water partition coefficient (Wildman–Crippen LogP) is -0.505. The number of aliphatic imine (C=N–C) groups is 1. The largest absolute Gasteiger partial charge is 0.491 e. The number of fused-ring (bicyclic) bond motifs is 1. The van der Waals surface area contributed by atoms with Crippen molar-refractivity contribution in [3.63, 3.8) is 0 Å². The molecular formula is C17H23N5O4. The van der Waals surface area contributed by atoms with E-state index in [9.17, 15) is 14.7 Å². The van der Waals surface area contributed by atoms with Gasteiger partial charge in [0.2, 0.25) is 0 Å². The molecule has 0 aliphatic carbocycles. The first-order valence-electron chi connectivity index (χ1n) is 8.48. The molecule has 3 atom stereocenters. The lowest BCUT2D eigenvalue weighted by Crippen LogP contribution is -2.64. The number of urea groups is 1. The van der Waals surface area contributed by atoms with Gasteiger partial charge in [0, 0.05) is 7.05 Å². The molecule has 3 unspecified atom stereocenters. The number of aliphatic hydroxyl groups is 1. The van der Waals surface area contributed by atoms with Gasteiger partial charge in [0.1, 0.15) is 18.5 Å². The number of hydrogen-bond acceptors (Lipinski definition) is 7. The number of benzene rings is 1. The first-order chi connectivity index (χ1) is 12.4. The highest BCUT2D eigenvalue weighted by molar-refractivity contribution is 6.03. The molecule has 1 aromatic carbocycles. The Kier molecular flexibility index (Phi) is 4.99. The fraction of sp³-hybridized carbons (Fsp3) is 0.471. The molecule has 4 N–H and O–H groups in total. The highest BCUT2D eigenvalue weighted by Crippen LogP contribution is 2.23. The maximum atomic E-state index is 12.2. The number of amides is 3. The Bertz CT molecular complexity index is 720. The zero-order chi connectivity index (χ0) is 18.8. The second kappa shape index (κ2) is 7.20. The zero-order valence-corrected chi connectivity index (χ0v) is 14.8. The predicted molar refractivity (Wildman–Crippen MR) is 94.5 cm³/mol. The Morgan fingerprint density at radius 3 is 2.69 bits per heavy atom. The molecule has 2 aliphatic rings. The van der Waals surface area contributed by atoms with Gasteiger partial charge >= 0.3 is 6.03 Å². The lowest BCUT2D eigenvalue weighted by Gasteiger charge is -2.36. The van der Waals surface area contributed by atoms with Crippen LogP contribution in [0.3, 0.4) is 0 Å². The molecule has 140 valence electrons. The van der Waals surface area contributed by atoms with E-state index in [-0.39, 0.29) is 19.1 Å². The summed E-state index contributed by atoms with van der Waals surface area (Å²) in [4.78, 5) is 30.8. The summed E-state index contributed by atoms with van der Waals surface area (Å²) in [5, 5.41) is 12.6. The minimum atomic E-state index is -0.885. The quantitative estimate of drug-likeness (QED) is 0.628. The van der Waals surface area contributed by atoms with Gasteiger partial charge in [-0.1, -0.05) is 19.1 Å². The van der Waals surface area contributed by atoms with Gasteiger partial charge in [-0.25, -0.2) is 9.79 Å². The number of guanidine groups is 1. The van der Waals surface area contributed by atoms with Crippen LogP contribution < -0.4 is 15.8 Å². The number of carbonyl (C=O) groups is 2. The number of nitrogens with two attached hydrogens (primary N) is 1. The van der Waals surface area contributed by atoms with Crippen molar-refractivity contribution in [1.82, 2.24) is 15.1 Å². The summed E-state index contributed by atoms with van der Waals surface area (Å²) in [6.07, 6.45) is -0.632. The third kappa shape index (κ3) is 3.43. The number of aliphatic hydroxyl groups excluding tert-OH is 1. The van der Waals surface area contributed by atoms with Gasteiger partial charge in [-0.3, -0.25) is 10.1 Å². The first kappa shape index (κ1) is 18.0. The topological polar surface area (TPSA) is 120 Å². The molecule has 26 heavy (non-hydrogen) atoms. The van der Waals surface area contributed by atoms with Gasteiger partial charge in [0.15, 0.2) is 18.2 Å². The lowest BCUT2D eigenvalue weighted by molar-refractivity contribution is -0.127. The van der Waals surface area contributed by atoms with E-state index in [2.05, 4.69) is 17.2 Å². The third-order valence-corrected chi connectivity index (χ3v) is 4.57. The van der Waals surface area contributed by atoms with Gasteiger partial charge in [0.25, 0.3) is 5.91 Å². The maximum absolute atomic E-state index is 12.2. The summed E-state index contributed by atoms with van der Waals surface area (Å²) in [5.41, 5.74) is 7.10. The molecule has 3 rings (SSSR count). The number of hydrogen-bond donors (Lipinski definition) is 3. The smallest absolute Gasteiger partial charge is 0.325 e. The van der Waals surface area contributed by atoms with Gasteiger partial charge in [-0.05, 0) is 24.1 Å². The molecule has 1 aromatic rings. The van der Waals surface area contributed by atoms with E-state index in [0.717, 1.165) is 6.42 Å². The molecule has 0 spiro atoms. The van der Waals surface area contributed by atoms with Crippen LogP contribution in [0.15, 0.2) is 29.3 Å². The summed E-state index contributed by atoms with van der Waals surface area (Å²) in [5.74, 6) is 0.288. The van der Waals surface area contributed by atoms with Crippen LogP contribution in [-0.4, -0.2) is 71.3 Å². The molecular weight excluding hydrogens is 338 g/mol. The SMILES string of the molecule is CCc1ccc(OCC(O)CN2C(N)=NC3C2C(=O)NC(=O)N3C)cc1. The molecule has 1 fully saturated rings. The first-order valence-corrected chi connectivity index (χ1v) is 8.48. The van der Waals surface area contributed by atoms with Crippen LogP contribution in [0, 0.1) is 0 Å². The number of carbonyl (C=O) groups excluding carboxylic acids is 2. The summed E-state index contributed by atoms with van der Waals surface area (Å²) in [6, 6.07) is 6.36. The number of likely N-dealkylation sites (N-methyl/N-ethyl adjacent to an activating group) is 1. The summed E-state index contributed by atoms with van der Waals surface area (Å²) < 4.78 is 5.59. The molecule has 0 radical (unpaired) electrons. The molecule has 2 heterocycles. The fourth-order valence-corrected chi connectivity index (χ4v) is 3.05. The standard InChI is InChI=1S/C17H23N5O4/c1-3-10-4-6-12(7-5-10)26-9-11(23)8-22-13-14(19-16(22)18)21(2)17(25)20-15(13)24/h4-7,11,13-14,23H,3,8-9H2,1-2H3,(H2,18,19)(H,20,24,25). The van der Waals surface area contributed by atoms with Crippen LogP contribution in [0.1, 0.15) is 12.5 Å². The summed E-state index contributed by atoms with van der Waals surface area (Å²) >= 11 is 0. The fourth-order valence-electron chi connectivity index (χ4n) is 3.05. The second-order valence-electron chi connectivity index (χ2n) is 6.37. The molecule has 9 heteroatoms. The maximum Gasteiger partial charge on any atom is 0.325 e. The minimum absolute atomic E-state index is 0.0447. The summed E-state index contributed by atoms with van der Waals surface area (Å²) in [6.45, 7) is 2.18. The van der Waals surface area contributed by atoms with Crippen LogP contribution in [0.25, 0.3) is 0 Å². The highest BCUT2D eigenvalue weighted by Gasteiger charge is 2.48. The molecule has 0 bridgehead atoms. The van der Waals surface area contributed by atoms with Crippen LogP contribution in [0.5, 0.6) is 5.75 Å². The zero-order valence-electron chi connectivity index (χ0n) is 14.8. The van der Waals surface area contributed by atoms with Crippen molar-refractivity contribution in [2.75, 3.05) is 20.2 Å². The molecule has 1 saturated heterocycles. The third-order valence-electron chi connectivity index (χ3n) is 4.57. The van der Waals surface area contributed by atoms with Crippen LogP contribution >= 0.6 is 0 Å². The van der Waals surface area contributed by atoms with Crippen molar-refractivity contribution < 1.29 is 19.4 Å². The Hall–Kier alpha value is -2.81. The van der Waals surface area contributed by atoms with Crippen molar-refractivity contribution in [3.8, 4) is 5.75 Å². The number of ether oxygens (including phenoxy) is 1. The van der Waals surface area contributed by atoms with Crippen LogP contribution in [0.4, 0.5) is 4.79 Å². The Labute approximate surface area is 151 Å². The van der Waals surface area contributed by atoms with Gasteiger partial charge in [-0.2, -0.15) is 0 Å². The van der Waals surface area contributed by atoms with Crippen molar-refractivity contribution >= 4 is 17.9 Å². The van der Waals surface area contributed by atoms with Gasteiger partial charge in [-0.15, -0.1) is 0 Å². The number of rotatable bonds is 6. The monoisotopic (exact) mass is 361 g/mol. The van der Waals surface area contributed by atoms with Crippen molar-refractivity contribution in [3.05, 3.63) is 29.8 Å². The van der Waals surface area contributed by atoms with Crippen LogP contribution in [0.2, 0.25) is 0 Å². The average Bonchev–Trinajstić information content (AvgIpc) is 2.95. The molecule has 9 nitrogen and oxygen atoms in total. The molecule has 3 amide bonds. The van der Waals surface area contributed by atoms with Gasteiger partial charge < -0.3 is 25.4 Å². The van der Waals surface area contributed by atoms with E-state index < -0.39 is 30.2 Å². The number of nitrogens with one attached hydrogen (secondary N) is 1. The molecule has 0 aromatic heterocycles. The highest BCUT2D eigenvalue weighted by atomic mass is 16.5. The number of β-amino-alcohol motifs (C(OH)–C–C–N with tert-alkyl or cyclic N) is 1. The molecule has 0 saturated carbocycles.